The van der Waals surface area contributed by atoms with Crippen LogP contribution >= 0.6 is 23.2 Å². The molecule has 96 valence electrons. The molecule has 2 nitrogen and oxygen atoms in total. The van der Waals surface area contributed by atoms with E-state index in [4.69, 9.17) is 28.5 Å². The topological polar surface area (TPSA) is 35.8 Å². The van der Waals surface area contributed by atoms with Gasteiger partial charge in [-0.05, 0) is 41.5 Å². The van der Waals surface area contributed by atoms with E-state index in [1.54, 1.807) is 12.1 Å². The van der Waals surface area contributed by atoms with Crippen LogP contribution in [0.1, 0.15) is 16.7 Å². The van der Waals surface area contributed by atoms with Crippen molar-refractivity contribution in [3.8, 4) is 6.07 Å². The highest BCUT2D eigenvalue weighted by Crippen LogP contribution is 2.20. The molecule has 0 aliphatic rings. The molecule has 0 aromatic heterocycles. The van der Waals surface area contributed by atoms with E-state index in [9.17, 15) is 0 Å². The van der Waals surface area contributed by atoms with E-state index < -0.39 is 0 Å². The summed E-state index contributed by atoms with van der Waals surface area (Å²) in [5.74, 6) is 0. The average molecular weight is 291 g/mol. The molecule has 0 heterocycles. The summed E-state index contributed by atoms with van der Waals surface area (Å²) in [6, 6.07) is 15.0. The number of hydrogen-bond donors (Lipinski definition) is 1. The average Bonchev–Trinajstić information content (AvgIpc) is 2.43. The van der Waals surface area contributed by atoms with Gasteiger partial charge in [0.1, 0.15) is 0 Å². The molecule has 0 spiro atoms. The highest BCUT2D eigenvalue weighted by Gasteiger charge is 2.01. The van der Waals surface area contributed by atoms with Gasteiger partial charge < -0.3 is 5.32 Å². The smallest absolute Gasteiger partial charge is 0.0991 e. The molecule has 0 aliphatic carbocycles. The second-order valence-corrected chi connectivity index (χ2v) is 4.99. The largest absolute Gasteiger partial charge is 0.309 e. The number of benzene rings is 2. The second kappa shape index (κ2) is 6.58. The highest BCUT2D eigenvalue weighted by molar-refractivity contribution is 6.33. The standard InChI is InChI=1S/C15H12Cl2N2/c16-14-5-6-15(17)13(7-14)10-19-9-12-3-1-11(8-18)2-4-12/h1-7,19H,9-10H2. The number of nitrogens with zero attached hydrogens (tertiary/aromatic N) is 1. The van der Waals surface area contributed by atoms with Crippen molar-refractivity contribution >= 4 is 23.2 Å². The van der Waals surface area contributed by atoms with Crippen LogP contribution in [0.5, 0.6) is 0 Å². The molecule has 19 heavy (non-hydrogen) atoms. The predicted molar refractivity (Wildman–Crippen MR) is 78.2 cm³/mol. The van der Waals surface area contributed by atoms with E-state index in [0.717, 1.165) is 11.1 Å². The molecule has 0 bridgehead atoms. The molecule has 2 rings (SSSR count). The van der Waals surface area contributed by atoms with E-state index in [2.05, 4.69) is 11.4 Å². The summed E-state index contributed by atoms with van der Waals surface area (Å²) in [6.07, 6.45) is 0. The Morgan fingerprint density at radius 3 is 2.42 bits per heavy atom. The Labute approximate surface area is 122 Å². The van der Waals surface area contributed by atoms with Crippen LogP contribution in [-0.2, 0) is 13.1 Å². The van der Waals surface area contributed by atoms with Crippen molar-refractivity contribution in [3.63, 3.8) is 0 Å². The van der Waals surface area contributed by atoms with E-state index in [1.807, 2.05) is 30.3 Å². The summed E-state index contributed by atoms with van der Waals surface area (Å²) in [5.41, 5.74) is 2.77. The van der Waals surface area contributed by atoms with Gasteiger partial charge in [0.15, 0.2) is 0 Å². The van der Waals surface area contributed by atoms with Gasteiger partial charge in [0.2, 0.25) is 0 Å². The quantitative estimate of drug-likeness (QED) is 0.918. The van der Waals surface area contributed by atoms with Gasteiger partial charge in [0.25, 0.3) is 0 Å². The number of nitrogens with one attached hydrogen (secondary N) is 1. The van der Waals surface area contributed by atoms with Crippen molar-refractivity contribution < 1.29 is 0 Å². The Balaban J connectivity index is 1.92. The van der Waals surface area contributed by atoms with Crippen LogP contribution in [0.3, 0.4) is 0 Å². The van der Waals surface area contributed by atoms with Crippen molar-refractivity contribution in [2.75, 3.05) is 0 Å². The van der Waals surface area contributed by atoms with E-state index in [-0.39, 0.29) is 0 Å². The number of halogens is 2. The van der Waals surface area contributed by atoms with Gasteiger partial charge in [-0.3, -0.25) is 0 Å². The Morgan fingerprint density at radius 1 is 1.00 bits per heavy atom. The number of hydrogen-bond acceptors (Lipinski definition) is 2. The maximum Gasteiger partial charge on any atom is 0.0991 e. The maximum atomic E-state index is 8.72. The van der Waals surface area contributed by atoms with Crippen LogP contribution in [0.2, 0.25) is 10.0 Å². The Kier molecular flexibility index (Phi) is 4.81. The summed E-state index contributed by atoms with van der Waals surface area (Å²) in [4.78, 5) is 0. The molecule has 0 radical (unpaired) electrons. The zero-order chi connectivity index (χ0) is 13.7. The Bertz CT molecular complexity index is 601. The lowest BCUT2D eigenvalue weighted by atomic mass is 10.1. The highest BCUT2D eigenvalue weighted by atomic mass is 35.5. The van der Waals surface area contributed by atoms with Crippen molar-refractivity contribution in [1.29, 1.82) is 5.26 Å². The minimum absolute atomic E-state index is 0.652. The van der Waals surface area contributed by atoms with E-state index in [0.29, 0.717) is 28.7 Å². The molecule has 1 N–H and O–H groups in total. The van der Waals surface area contributed by atoms with Crippen LogP contribution in [0.25, 0.3) is 0 Å². The van der Waals surface area contributed by atoms with Gasteiger partial charge in [0.05, 0.1) is 11.6 Å². The first-order chi connectivity index (χ1) is 9.19. The Morgan fingerprint density at radius 2 is 1.74 bits per heavy atom. The normalized spacial score (nSPS) is 10.2. The fourth-order valence-corrected chi connectivity index (χ4v) is 2.10. The fraction of sp³-hybridized carbons (Fsp3) is 0.133. The summed E-state index contributed by atoms with van der Waals surface area (Å²) in [5, 5.41) is 13.4. The third-order valence-electron chi connectivity index (χ3n) is 2.74. The molecular weight excluding hydrogens is 279 g/mol. The summed E-state index contributed by atoms with van der Waals surface area (Å²) in [7, 11) is 0. The third-order valence-corrected chi connectivity index (χ3v) is 3.34. The van der Waals surface area contributed by atoms with Gasteiger partial charge in [-0.25, -0.2) is 0 Å². The molecule has 2 aromatic carbocycles. The number of rotatable bonds is 4. The molecule has 0 unspecified atom stereocenters. The van der Waals surface area contributed by atoms with Crippen molar-refractivity contribution in [2.45, 2.75) is 13.1 Å². The second-order valence-electron chi connectivity index (χ2n) is 4.15. The molecule has 2 aromatic rings. The lowest BCUT2D eigenvalue weighted by Gasteiger charge is -2.07. The predicted octanol–water partition coefficient (Wildman–Crippen LogP) is 4.15. The molecule has 0 atom stereocenters. The van der Waals surface area contributed by atoms with Crippen LogP contribution in [-0.4, -0.2) is 0 Å². The van der Waals surface area contributed by atoms with Crippen molar-refractivity contribution in [2.24, 2.45) is 0 Å². The number of nitriles is 1. The molecule has 0 fully saturated rings. The molecular formula is C15H12Cl2N2. The van der Waals surface area contributed by atoms with Crippen molar-refractivity contribution in [1.82, 2.24) is 5.32 Å². The minimum atomic E-state index is 0.652. The molecule has 0 amide bonds. The van der Waals surface area contributed by atoms with Crippen LogP contribution in [0, 0.1) is 11.3 Å². The SMILES string of the molecule is N#Cc1ccc(CNCc2cc(Cl)ccc2Cl)cc1. The third kappa shape index (κ3) is 3.97. The van der Waals surface area contributed by atoms with Gasteiger partial charge >= 0.3 is 0 Å². The minimum Gasteiger partial charge on any atom is -0.309 e. The lowest BCUT2D eigenvalue weighted by Crippen LogP contribution is -2.12. The Hall–Kier alpha value is -1.53. The monoisotopic (exact) mass is 290 g/mol. The molecule has 4 heteroatoms. The van der Waals surface area contributed by atoms with Gasteiger partial charge in [0, 0.05) is 23.1 Å². The lowest BCUT2D eigenvalue weighted by molar-refractivity contribution is 0.693. The first kappa shape index (κ1) is 13.9. The molecule has 0 saturated heterocycles. The van der Waals surface area contributed by atoms with Crippen LogP contribution in [0.4, 0.5) is 0 Å². The fourth-order valence-electron chi connectivity index (χ4n) is 1.72. The molecule has 0 saturated carbocycles. The van der Waals surface area contributed by atoms with Crippen LogP contribution < -0.4 is 5.32 Å². The van der Waals surface area contributed by atoms with E-state index >= 15 is 0 Å². The van der Waals surface area contributed by atoms with E-state index in [1.165, 1.54) is 0 Å². The van der Waals surface area contributed by atoms with Gasteiger partial charge in [-0.15, -0.1) is 0 Å². The molecule has 0 aliphatic heterocycles. The summed E-state index contributed by atoms with van der Waals surface area (Å²) < 4.78 is 0. The first-order valence-electron chi connectivity index (χ1n) is 5.83. The first-order valence-corrected chi connectivity index (χ1v) is 6.58. The van der Waals surface area contributed by atoms with Gasteiger partial charge in [-0.1, -0.05) is 35.3 Å². The van der Waals surface area contributed by atoms with Gasteiger partial charge in [-0.2, -0.15) is 5.26 Å². The maximum absolute atomic E-state index is 8.72. The summed E-state index contributed by atoms with van der Waals surface area (Å²) in [6.45, 7) is 1.37. The zero-order valence-corrected chi connectivity index (χ0v) is 11.7. The van der Waals surface area contributed by atoms with Crippen LogP contribution in [0.15, 0.2) is 42.5 Å². The zero-order valence-electron chi connectivity index (χ0n) is 10.2. The van der Waals surface area contributed by atoms with Crippen molar-refractivity contribution in [3.05, 3.63) is 69.2 Å². The summed E-state index contributed by atoms with van der Waals surface area (Å²) >= 11 is 12.0.